The Kier molecular flexibility index (Phi) is 3.83. The van der Waals surface area contributed by atoms with Gasteiger partial charge in [-0.2, -0.15) is 0 Å². The number of fused-ring (bicyclic) bond motifs is 1. The van der Waals surface area contributed by atoms with E-state index in [-0.39, 0.29) is 0 Å². The van der Waals surface area contributed by atoms with E-state index in [2.05, 4.69) is 0 Å². The summed E-state index contributed by atoms with van der Waals surface area (Å²) in [6.07, 6.45) is 0. The zero-order valence-electron chi connectivity index (χ0n) is 12.3. The molecule has 0 spiro atoms. The molecule has 3 rings (SSSR count). The average Bonchev–Trinajstić information content (AvgIpc) is 2.92. The molecule has 0 unspecified atom stereocenters. The molecule has 0 amide bonds. The molecule has 1 N–H and O–H groups in total. The van der Waals surface area contributed by atoms with Gasteiger partial charge in [-0.05, 0) is 30.7 Å². The van der Waals surface area contributed by atoms with Gasteiger partial charge < -0.3 is 14.4 Å². The maximum Gasteiger partial charge on any atom is 0.352 e. The van der Waals surface area contributed by atoms with E-state index in [0.29, 0.717) is 18.8 Å². The maximum atomic E-state index is 11.3. The van der Waals surface area contributed by atoms with Crippen molar-refractivity contribution < 1.29 is 14.6 Å². The van der Waals surface area contributed by atoms with Crippen molar-refractivity contribution in [2.75, 3.05) is 0 Å². The summed E-state index contributed by atoms with van der Waals surface area (Å²) in [5.41, 5.74) is 2.28. The molecule has 0 radical (unpaired) electrons. The van der Waals surface area contributed by atoms with Crippen LogP contribution in [0.1, 0.15) is 23.0 Å². The van der Waals surface area contributed by atoms with Crippen molar-refractivity contribution in [3.05, 3.63) is 65.9 Å². The summed E-state index contributed by atoms with van der Waals surface area (Å²) in [5.74, 6) is -0.175. The molecule has 0 bridgehead atoms. The van der Waals surface area contributed by atoms with Crippen LogP contribution >= 0.6 is 0 Å². The lowest BCUT2D eigenvalue weighted by molar-refractivity contribution is 0.0686. The van der Waals surface area contributed by atoms with E-state index in [4.69, 9.17) is 4.74 Å². The van der Waals surface area contributed by atoms with Crippen LogP contribution in [0.25, 0.3) is 10.9 Å². The Morgan fingerprint density at radius 2 is 1.91 bits per heavy atom. The standard InChI is InChI=1S/C18H17NO3/c1-2-19-16-11-15(22-12-13-6-4-3-5-7-13)9-8-14(16)10-17(19)18(20)21/h3-11H,2,12H2,1H3,(H,20,21). The lowest BCUT2D eigenvalue weighted by atomic mass is 10.2. The normalized spacial score (nSPS) is 10.8. The van der Waals surface area contributed by atoms with Crippen LogP contribution in [0.15, 0.2) is 54.6 Å². The molecule has 3 aromatic rings. The molecule has 0 aliphatic rings. The Morgan fingerprint density at radius 1 is 1.14 bits per heavy atom. The topological polar surface area (TPSA) is 51.5 Å². The number of aromatic nitrogens is 1. The molecule has 112 valence electrons. The molecule has 0 aliphatic heterocycles. The Bertz CT molecular complexity index is 806. The Morgan fingerprint density at radius 3 is 2.59 bits per heavy atom. The largest absolute Gasteiger partial charge is 0.489 e. The predicted molar refractivity (Wildman–Crippen MR) is 85.3 cm³/mol. The van der Waals surface area contributed by atoms with E-state index in [1.54, 1.807) is 10.6 Å². The average molecular weight is 295 g/mol. The number of hydrogen-bond acceptors (Lipinski definition) is 2. The molecule has 0 fully saturated rings. The summed E-state index contributed by atoms with van der Waals surface area (Å²) in [5, 5.41) is 10.2. The molecule has 22 heavy (non-hydrogen) atoms. The molecule has 0 aliphatic carbocycles. The van der Waals surface area contributed by atoms with Gasteiger partial charge in [-0.25, -0.2) is 4.79 Å². The van der Waals surface area contributed by atoms with E-state index in [1.807, 2.05) is 55.5 Å². The molecular formula is C18H17NO3. The molecule has 4 heteroatoms. The first-order valence-corrected chi connectivity index (χ1v) is 7.22. The molecule has 0 atom stereocenters. The first kappa shape index (κ1) is 14.2. The van der Waals surface area contributed by atoms with Gasteiger partial charge in [0, 0.05) is 18.0 Å². The van der Waals surface area contributed by atoms with E-state index in [1.165, 1.54) is 0 Å². The van der Waals surface area contributed by atoms with Crippen molar-refractivity contribution >= 4 is 16.9 Å². The fourth-order valence-corrected chi connectivity index (χ4v) is 2.58. The minimum atomic E-state index is -0.912. The van der Waals surface area contributed by atoms with Crippen molar-refractivity contribution in [2.24, 2.45) is 0 Å². The second-order valence-electron chi connectivity index (χ2n) is 5.07. The molecule has 1 heterocycles. The zero-order valence-corrected chi connectivity index (χ0v) is 12.3. The monoisotopic (exact) mass is 295 g/mol. The van der Waals surface area contributed by atoms with Crippen LogP contribution in [0.2, 0.25) is 0 Å². The van der Waals surface area contributed by atoms with Crippen LogP contribution < -0.4 is 4.74 Å². The quantitative estimate of drug-likeness (QED) is 0.775. The molecule has 0 saturated carbocycles. The third-order valence-corrected chi connectivity index (χ3v) is 3.66. The number of nitrogens with zero attached hydrogens (tertiary/aromatic N) is 1. The second kappa shape index (κ2) is 5.93. The van der Waals surface area contributed by atoms with Gasteiger partial charge in [0.15, 0.2) is 0 Å². The van der Waals surface area contributed by atoms with Crippen molar-refractivity contribution in [3.8, 4) is 5.75 Å². The van der Waals surface area contributed by atoms with Crippen molar-refractivity contribution in [3.63, 3.8) is 0 Å². The third-order valence-electron chi connectivity index (χ3n) is 3.66. The van der Waals surface area contributed by atoms with Gasteiger partial charge in [0.05, 0.1) is 5.52 Å². The maximum absolute atomic E-state index is 11.3. The van der Waals surface area contributed by atoms with Gasteiger partial charge in [0.25, 0.3) is 0 Å². The summed E-state index contributed by atoms with van der Waals surface area (Å²) in [4.78, 5) is 11.3. The molecule has 1 aromatic heterocycles. The number of carbonyl (C=O) groups is 1. The number of rotatable bonds is 5. The highest BCUT2D eigenvalue weighted by Crippen LogP contribution is 2.25. The number of ether oxygens (including phenoxy) is 1. The van der Waals surface area contributed by atoms with E-state index < -0.39 is 5.97 Å². The minimum Gasteiger partial charge on any atom is -0.489 e. The summed E-state index contributed by atoms with van der Waals surface area (Å²) in [6.45, 7) is 3.03. The van der Waals surface area contributed by atoms with Crippen molar-refractivity contribution in [1.82, 2.24) is 4.57 Å². The van der Waals surface area contributed by atoms with E-state index in [9.17, 15) is 9.90 Å². The number of carboxylic acids is 1. The summed E-state index contributed by atoms with van der Waals surface area (Å²) in [6, 6.07) is 17.3. The molecular weight excluding hydrogens is 278 g/mol. The first-order valence-electron chi connectivity index (χ1n) is 7.22. The van der Waals surface area contributed by atoms with Crippen LogP contribution in [0.4, 0.5) is 0 Å². The molecule has 4 nitrogen and oxygen atoms in total. The van der Waals surface area contributed by atoms with Gasteiger partial charge in [-0.3, -0.25) is 0 Å². The fourth-order valence-electron chi connectivity index (χ4n) is 2.58. The van der Waals surface area contributed by atoms with Gasteiger partial charge in [-0.15, -0.1) is 0 Å². The SMILES string of the molecule is CCn1c(C(=O)O)cc2ccc(OCc3ccccc3)cc21. The second-order valence-corrected chi connectivity index (χ2v) is 5.07. The highest BCUT2D eigenvalue weighted by atomic mass is 16.5. The predicted octanol–water partition coefficient (Wildman–Crippen LogP) is 3.94. The van der Waals surface area contributed by atoms with Crippen LogP contribution in [-0.4, -0.2) is 15.6 Å². The van der Waals surface area contributed by atoms with E-state index in [0.717, 1.165) is 22.2 Å². The van der Waals surface area contributed by atoms with E-state index >= 15 is 0 Å². The van der Waals surface area contributed by atoms with Crippen LogP contribution in [-0.2, 0) is 13.2 Å². The van der Waals surface area contributed by atoms with Gasteiger partial charge in [0.2, 0.25) is 0 Å². The molecule has 2 aromatic carbocycles. The highest BCUT2D eigenvalue weighted by molar-refractivity contribution is 5.95. The highest BCUT2D eigenvalue weighted by Gasteiger charge is 2.13. The Labute approximate surface area is 128 Å². The zero-order chi connectivity index (χ0) is 15.5. The summed E-state index contributed by atoms with van der Waals surface area (Å²) in [7, 11) is 0. The summed E-state index contributed by atoms with van der Waals surface area (Å²) < 4.78 is 7.59. The number of carboxylic acid groups (broad SMARTS) is 1. The third kappa shape index (κ3) is 2.68. The van der Waals surface area contributed by atoms with Crippen molar-refractivity contribution in [2.45, 2.75) is 20.1 Å². The number of benzene rings is 2. The summed E-state index contributed by atoms with van der Waals surface area (Å²) >= 11 is 0. The number of aryl methyl sites for hydroxylation is 1. The first-order chi connectivity index (χ1) is 10.7. The van der Waals surface area contributed by atoms with Gasteiger partial charge >= 0.3 is 5.97 Å². The fraction of sp³-hybridized carbons (Fsp3) is 0.167. The lowest BCUT2D eigenvalue weighted by Gasteiger charge is -2.08. The Hall–Kier alpha value is -2.75. The van der Waals surface area contributed by atoms with Gasteiger partial charge in [-0.1, -0.05) is 30.3 Å². The number of aromatic carboxylic acids is 1. The minimum absolute atomic E-state index is 0.303. The smallest absolute Gasteiger partial charge is 0.352 e. The Balaban J connectivity index is 1.90. The molecule has 0 saturated heterocycles. The van der Waals surface area contributed by atoms with Crippen molar-refractivity contribution in [1.29, 1.82) is 0 Å². The lowest BCUT2D eigenvalue weighted by Crippen LogP contribution is -2.06. The van der Waals surface area contributed by atoms with Crippen LogP contribution in [0.3, 0.4) is 0 Å². The van der Waals surface area contributed by atoms with Crippen LogP contribution in [0, 0.1) is 0 Å². The number of hydrogen-bond donors (Lipinski definition) is 1. The van der Waals surface area contributed by atoms with Crippen LogP contribution in [0.5, 0.6) is 5.75 Å². The van der Waals surface area contributed by atoms with Gasteiger partial charge in [0.1, 0.15) is 18.1 Å².